The monoisotopic (exact) mass is 504 g/mol. The molecule has 2 amide bonds. The number of alkyl carbamates (subject to hydrolysis) is 1. The smallest absolute Gasteiger partial charge is 0.407 e. The van der Waals surface area contributed by atoms with Crippen LogP contribution in [0.1, 0.15) is 30.4 Å². The molecule has 1 aliphatic rings. The minimum Gasteiger partial charge on any atom is -0.480 e. The molecule has 0 bridgehead atoms. The number of rotatable bonds is 10. The number of carbonyl (C=O) groups is 3. The van der Waals surface area contributed by atoms with Crippen LogP contribution in [-0.2, 0) is 24.2 Å². The predicted octanol–water partition coefficient (Wildman–Crippen LogP) is 1.28. The summed E-state index contributed by atoms with van der Waals surface area (Å²) in [6.45, 7) is 1.16. The van der Waals surface area contributed by atoms with Gasteiger partial charge < -0.3 is 25.6 Å². The van der Waals surface area contributed by atoms with Crippen LogP contribution >= 0.6 is 0 Å². The third-order valence-corrected chi connectivity index (χ3v) is 6.75. The summed E-state index contributed by atoms with van der Waals surface area (Å²) in [4.78, 5) is 36.5. The molecule has 0 saturated carbocycles. The van der Waals surface area contributed by atoms with Gasteiger partial charge in [0.05, 0.1) is 11.9 Å². The Bertz CT molecular complexity index is 1170. The number of amides is 2. The van der Waals surface area contributed by atoms with Crippen molar-refractivity contribution >= 4 is 27.8 Å². The molecule has 0 saturated heterocycles. The Kier molecular flexibility index (Phi) is 8.13. The zero-order chi connectivity index (χ0) is 25.8. The van der Waals surface area contributed by atoms with Gasteiger partial charge in [0, 0.05) is 12.2 Å². The molecule has 1 aliphatic carbocycles. The zero-order valence-corrected chi connectivity index (χ0v) is 20.1. The second kappa shape index (κ2) is 10.9. The quantitative estimate of drug-likeness (QED) is 0.377. The Morgan fingerprint density at radius 2 is 1.54 bits per heavy atom. The van der Waals surface area contributed by atoms with Crippen LogP contribution in [0.3, 0.4) is 0 Å². The van der Waals surface area contributed by atoms with Crippen molar-refractivity contribution in [3.8, 4) is 11.1 Å². The Balaban J connectivity index is 1.70. The summed E-state index contributed by atoms with van der Waals surface area (Å²) in [7, 11) is -3.48. The molecule has 0 radical (unpaired) electrons. The Labute approximate surface area is 203 Å². The van der Waals surface area contributed by atoms with Crippen molar-refractivity contribution in [2.75, 3.05) is 18.6 Å². The zero-order valence-electron chi connectivity index (χ0n) is 19.3. The van der Waals surface area contributed by atoms with Crippen LogP contribution in [0.4, 0.5) is 4.79 Å². The molecular weight excluding hydrogens is 476 g/mol. The van der Waals surface area contributed by atoms with Gasteiger partial charge in [-0.2, -0.15) is 0 Å². The van der Waals surface area contributed by atoms with Gasteiger partial charge in [0.2, 0.25) is 5.91 Å². The molecule has 2 aromatic carbocycles. The van der Waals surface area contributed by atoms with E-state index in [0.717, 1.165) is 28.5 Å². The highest BCUT2D eigenvalue weighted by Crippen LogP contribution is 2.44. The topological polar surface area (TPSA) is 159 Å². The number of carbonyl (C=O) groups excluding carboxylic acids is 2. The van der Waals surface area contributed by atoms with Crippen molar-refractivity contribution in [1.82, 2.24) is 10.6 Å². The van der Waals surface area contributed by atoms with Crippen molar-refractivity contribution < 1.29 is 37.8 Å². The molecule has 3 unspecified atom stereocenters. The summed E-state index contributed by atoms with van der Waals surface area (Å²) >= 11 is 0. The summed E-state index contributed by atoms with van der Waals surface area (Å²) in [5.41, 5.74) is 4.07. The molecule has 35 heavy (non-hydrogen) atoms. The van der Waals surface area contributed by atoms with Crippen LogP contribution in [0.2, 0.25) is 0 Å². The fraction of sp³-hybridized carbons (Fsp3) is 0.375. The molecule has 4 N–H and O–H groups in total. The third kappa shape index (κ3) is 6.58. The van der Waals surface area contributed by atoms with E-state index in [1.807, 2.05) is 48.5 Å². The molecule has 0 aliphatic heterocycles. The number of sulfone groups is 1. The summed E-state index contributed by atoms with van der Waals surface area (Å²) in [5.74, 6) is -3.07. The molecule has 3 rings (SSSR count). The number of fused-ring (bicyclic) bond motifs is 3. The van der Waals surface area contributed by atoms with Gasteiger partial charge in [0.25, 0.3) is 0 Å². The molecular formula is C24H28N2O8S. The number of carboxylic acid groups (broad SMARTS) is 1. The van der Waals surface area contributed by atoms with Crippen molar-refractivity contribution in [2.24, 2.45) is 0 Å². The van der Waals surface area contributed by atoms with Gasteiger partial charge in [-0.25, -0.2) is 18.0 Å². The van der Waals surface area contributed by atoms with E-state index in [1.54, 1.807) is 0 Å². The van der Waals surface area contributed by atoms with Gasteiger partial charge in [0.1, 0.15) is 22.5 Å². The molecule has 0 aromatic heterocycles. The number of benzene rings is 2. The first-order valence-corrected chi connectivity index (χ1v) is 13.0. The lowest BCUT2D eigenvalue weighted by Gasteiger charge is -2.23. The molecule has 11 heteroatoms. The minimum atomic E-state index is -3.48. The highest BCUT2D eigenvalue weighted by atomic mass is 32.2. The molecule has 0 heterocycles. The fourth-order valence-corrected chi connectivity index (χ4v) is 4.69. The standard InChI is InChI=1S/C24H28N2O8S/c1-14(27)21(23(29)30)26-22(28)20(11-12-35(2,32)33)25-24(31)34-13-19-17-9-5-3-7-15(17)16-8-4-6-10-18(16)19/h3-10,14,19-21,27H,11-13H2,1-2H3,(H,25,31)(H,26,28)(H,29,30). The highest BCUT2D eigenvalue weighted by Gasteiger charge is 2.32. The van der Waals surface area contributed by atoms with Crippen LogP contribution in [0.15, 0.2) is 48.5 Å². The van der Waals surface area contributed by atoms with E-state index in [9.17, 15) is 33.0 Å². The Morgan fingerprint density at radius 3 is 2.03 bits per heavy atom. The average Bonchev–Trinajstić information content (AvgIpc) is 3.11. The number of nitrogens with one attached hydrogen (secondary N) is 2. The van der Waals surface area contributed by atoms with Gasteiger partial charge in [-0.05, 0) is 35.6 Å². The first-order chi connectivity index (χ1) is 16.5. The summed E-state index contributed by atoms with van der Waals surface area (Å²) < 4.78 is 28.6. The average molecular weight is 505 g/mol. The van der Waals surface area contributed by atoms with Crippen molar-refractivity contribution in [2.45, 2.75) is 37.5 Å². The predicted molar refractivity (Wildman–Crippen MR) is 128 cm³/mol. The minimum absolute atomic E-state index is 0.0221. The fourth-order valence-electron chi connectivity index (χ4n) is 4.03. The summed E-state index contributed by atoms with van der Waals surface area (Å²) in [6.07, 6.45) is -1.70. The highest BCUT2D eigenvalue weighted by molar-refractivity contribution is 7.90. The summed E-state index contributed by atoms with van der Waals surface area (Å²) in [5, 5.41) is 23.3. The van der Waals surface area contributed by atoms with Crippen LogP contribution in [0.25, 0.3) is 11.1 Å². The van der Waals surface area contributed by atoms with Crippen molar-refractivity contribution in [3.05, 3.63) is 59.7 Å². The molecule has 2 aromatic rings. The van der Waals surface area contributed by atoms with Crippen molar-refractivity contribution in [1.29, 1.82) is 0 Å². The van der Waals surface area contributed by atoms with Crippen LogP contribution in [-0.4, -0.2) is 73.4 Å². The van der Waals surface area contributed by atoms with Crippen LogP contribution < -0.4 is 10.6 Å². The number of hydrogen-bond acceptors (Lipinski definition) is 7. The third-order valence-electron chi connectivity index (χ3n) is 5.78. The van der Waals surface area contributed by atoms with Gasteiger partial charge >= 0.3 is 12.1 Å². The maximum absolute atomic E-state index is 12.7. The van der Waals surface area contributed by atoms with Gasteiger partial charge in [-0.15, -0.1) is 0 Å². The Morgan fingerprint density at radius 1 is 1.00 bits per heavy atom. The van der Waals surface area contributed by atoms with E-state index >= 15 is 0 Å². The van der Waals surface area contributed by atoms with Crippen LogP contribution in [0, 0.1) is 0 Å². The molecule has 0 fully saturated rings. The van der Waals surface area contributed by atoms with E-state index in [1.165, 1.54) is 6.92 Å². The van der Waals surface area contributed by atoms with Gasteiger partial charge in [-0.3, -0.25) is 4.79 Å². The first-order valence-electron chi connectivity index (χ1n) is 11.0. The number of hydrogen-bond donors (Lipinski definition) is 4. The molecule has 0 spiro atoms. The van der Waals surface area contributed by atoms with E-state index in [-0.39, 0.29) is 18.9 Å². The number of carboxylic acids is 1. The number of aliphatic carboxylic acids is 1. The van der Waals surface area contributed by atoms with E-state index < -0.39 is 51.7 Å². The number of aliphatic hydroxyl groups excluding tert-OH is 1. The maximum atomic E-state index is 12.7. The van der Waals surface area contributed by atoms with E-state index in [4.69, 9.17) is 4.74 Å². The van der Waals surface area contributed by atoms with Gasteiger partial charge in [0.15, 0.2) is 6.04 Å². The SMILES string of the molecule is CC(O)C(NC(=O)C(CCS(C)(=O)=O)NC(=O)OCC1c2ccccc2-c2ccccc21)C(=O)O. The lowest BCUT2D eigenvalue weighted by molar-refractivity contribution is -0.145. The van der Waals surface area contributed by atoms with E-state index in [2.05, 4.69) is 10.6 Å². The number of ether oxygens (including phenoxy) is 1. The number of aliphatic hydroxyl groups is 1. The lowest BCUT2D eigenvalue weighted by Crippen LogP contribution is -2.55. The second-order valence-corrected chi connectivity index (χ2v) is 10.8. The molecule has 3 atom stereocenters. The van der Waals surface area contributed by atoms with Gasteiger partial charge in [-0.1, -0.05) is 48.5 Å². The van der Waals surface area contributed by atoms with Crippen LogP contribution in [0.5, 0.6) is 0 Å². The normalized spacial score (nSPS) is 15.3. The van der Waals surface area contributed by atoms with Crippen molar-refractivity contribution in [3.63, 3.8) is 0 Å². The second-order valence-electron chi connectivity index (χ2n) is 8.51. The largest absolute Gasteiger partial charge is 0.480 e. The first kappa shape index (κ1) is 26.2. The Hall–Kier alpha value is -3.44. The molecule has 188 valence electrons. The molecule has 10 nitrogen and oxygen atoms in total. The summed E-state index contributed by atoms with van der Waals surface area (Å²) in [6, 6.07) is 12.5. The van der Waals surface area contributed by atoms with E-state index in [0.29, 0.717) is 0 Å². The lowest BCUT2D eigenvalue weighted by atomic mass is 9.98. The maximum Gasteiger partial charge on any atom is 0.407 e.